The second-order valence-electron chi connectivity index (χ2n) is 2.38. The van der Waals surface area contributed by atoms with Gasteiger partial charge in [-0.1, -0.05) is 13.3 Å². The Kier molecular flexibility index (Phi) is 1.71. The monoisotopic (exact) mass is 129 g/mol. The fourth-order valence-electron chi connectivity index (χ4n) is 0.979. The van der Waals surface area contributed by atoms with E-state index in [2.05, 4.69) is 12.2 Å². The highest BCUT2D eigenvalue weighted by atomic mass is 16.4. The second-order valence-corrected chi connectivity index (χ2v) is 2.38. The van der Waals surface area contributed by atoms with Gasteiger partial charge in [0.1, 0.15) is 6.04 Å². The molecule has 3 heteroatoms. The summed E-state index contributed by atoms with van der Waals surface area (Å²) >= 11 is 0. The van der Waals surface area contributed by atoms with E-state index in [0.717, 1.165) is 12.8 Å². The zero-order valence-corrected chi connectivity index (χ0v) is 5.42. The standard InChI is InChI=1S/C6H11NO2/c1-2-3-4-5(7-4)6(8)9/h4-5,7H,2-3H2,1H3,(H,8,9)/t4?,5-/m0/s1. The Hall–Kier alpha value is -0.570. The first-order valence-corrected chi connectivity index (χ1v) is 3.24. The summed E-state index contributed by atoms with van der Waals surface area (Å²) in [6, 6.07) is 0.0115. The summed E-state index contributed by atoms with van der Waals surface area (Å²) in [7, 11) is 0. The molecule has 0 aromatic carbocycles. The van der Waals surface area contributed by atoms with Gasteiger partial charge in [0, 0.05) is 6.04 Å². The Bertz CT molecular complexity index is 124. The minimum Gasteiger partial charge on any atom is -0.480 e. The van der Waals surface area contributed by atoms with Crippen LogP contribution in [0.5, 0.6) is 0 Å². The van der Waals surface area contributed by atoms with Gasteiger partial charge in [-0.05, 0) is 6.42 Å². The second kappa shape index (κ2) is 2.35. The van der Waals surface area contributed by atoms with Crippen LogP contribution in [0, 0.1) is 0 Å². The van der Waals surface area contributed by atoms with Crippen LogP contribution in [-0.2, 0) is 4.79 Å². The molecule has 2 atom stereocenters. The molecule has 1 saturated heterocycles. The molecule has 1 rings (SSSR count). The first-order valence-electron chi connectivity index (χ1n) is 3.24. The minimum absolute atomic E-state index is 0.245. The summed E-state index contributed by atoms with van der Waals surface area (Å²) in [5.74, 6) is -0.714. The van der Waals surface area contributed by atoms with Gasteiger partial charge in [0.2, 0.25) is 0 Å². The van der Waals surface area contributed by atoms with Gasteiger partial charge >= 0.3 is 5.97 Å². The van der Waals surface area contributed by atoms with Gasteiger partial charge in [-0.25, -0.2) is 0 Å². The zero-order chi connectivity index (χ0) is 6.85. The summed E-state index contributed by atoms with van der Waals surface area (Å²) in [4.78, 5) is 10.2. The SMILES string of the molecule is CCCC1N[C@@H]1C(=O)O. The van der Waals surface area contributed by atoms with Crippen LogP contribution in [0.4, 0.5) is 0 Å². The average Bonchev–Trinajstić information content (AvgIpc) is 2.47. The molecule has 0 spiro atoms. The molecule has 0 aromatic rings. The molecule has 0 amide bonds. The molecule has 52 valence electrons. The number of hydrogen-bond acceptors (Lipinski definition) is 2. The van der Waals surface area contributed by atoms with E-state index in [0.29, 0.717) is 0 Å². The van der Waals surface area contributed by atoms with Crippen molar-refractivity contribution >= 4 is 5.97 Å². The van der Waals surface area contributed by atoms with Gasteiger partial charge in [0.15, 0.2) is 0 Å². The maximum Gasteiger partial charge on any atom is 0.322 e. The van der Waals surface area contributed by atoms with Crippen molar-refractivity contribution < 1.29 is 9.90 Å². The highest BCUT2D eigenvalue weighted by Crippen LogP contribution is 2.15. The van der Waals surface area contributed by atoms with Gasteiger partial charge in [0.05, 0.1) is 0 Å². The largest absolute Gasteiger partial charge is 0.480 e. The zero-order valence-electron chi connectivity index (χ0n) is 5.42. The number of aliphatic carboxylic acids is 1. The lowest BCUT2D eigenvalue weighted by Gasteiger charge is -1.86. The third-order valence-corrected chi connectivity index (χ3v) is 1.55. The van der Waals surface area contributed by atoms with Crippen molar-refractivity contribution in [2.75, 3.05) is 0 Å². The Balaban J connectivity index is 2.17. The van der Waals surface area contributed by atoms with Crippen LogP contribution >= 0.6 is 0 Å². The van der Waals surface area contributed by atoms with Crippen LogP contribution in [0.1, 0.15) is 19.8 Å². The van der Waals surface area contributed by atoms with E-state index in [9.17, 15) is 4.79 Å². The number of carboxylic acid groups (broad SMARTS) is 1. The van der Waals surface area contributed by atoms with Gasteiger partial charge < -0.3 is 5.11 Å². The van der Waals surface area contributed by atoms with Gasteiger partial charge in [-0.3, -0.25) is 10.1 Å². The molecule has 0 aromatic heterocycles. The van der Waals surface area contributed by atoms with E-state index in [1.54, 1.807) is 0 Å². The third kappa shape index (κ3) is 1.42. The molecule has 0 bridgehead atoms. The van der Waals surface area contributed by atoms with E-state index in [4.69, 9.17) is 5.11 Å². The van der Waals surface area contributed by atoms with E-state index in [1.165, 1.54) is 0 Å². The summed E-state index contributed by atoms with van der Waals surface area (Å²) in [6.07, 6.45) is 2.04. The van der Waals surface area contributed by atoms with E-state index >= 15 is 0 Å². The van der Waals surface area contributed by atoms with E-state index < -0.39 is 5.97 Å². The van der Waals surface area contributed by atoms with Crippen molar-refractivity contribution in [3.8, 4) is 0 Å². The quantitative estimate of drug-likeness (QED) is 0.535. The van der Waals surface area contributed by atoms with Gasteiger partial charge in [-0.2, -0.15) is 0 Å². The Labute approximate surface area is 54.1 Å². The average molecular weight is 129 g/mol. The van der Waals surface area contributed by atoms with Crippen LogP contribution in [0.3, 0.4) is 0 Å². The number of hydrogen-bond donors (Lipinski definition) is 2. The molecule has 3 nitrogen and oxygen atoms in total. The van der Waals surface area contributed by atoms with Crippen LogP contribution in [0.2, 0.25) is 0 Å². The van der Waals surface area contributed by atoms with E-state index in [-0.39, 0.29) is 12.1 Å². The molecule has 9 heavy (non-hydrogen) atoms. The molecule has 0 saturated carbocycles. The molecule has 1 heterocycles. The maximum absolute atomic E-state index is 10.2. The molecule has 1 fully saturated rings. The number of carboxylic acids is 1. The van der Waals surface area contributed by atoms with Gasteiger partial charge in [-0.15, -0.1) is 0 Å². The van der Waals surface area contributed by atoms with Crippen molar-refractivity contribution in [1.29, 1.82) is 0 Å². The predicted octanol–water partition coefficient (Wildman–Crippen LogP) is 0.211. The molecule has 1 aliphatic heterocycles. The third-order valence-electron chi connectivity index (χ3n) is 1.55. The van der Waals surface area contributed by atoms with Crippen LogP contribution in [-0.4, -0.2) is 23.2 Å². The Morgan fingerprint density at radius 2 is 2.44 bits per heavy atom. The predicted molar refractivity (Wildman–Crippen MR) is 33.3 cm³/mol. The summed E-state index contributed by atoms with van der Waals surface area (Å²) in [6.45, 7) is 2.05. The number of nitrogens with one attached hydrogen (secondary N) is 1. The molecule has 1 unspecified atom stereocenters. The topological polar surface area (TPSA) is 59.2 Å². The van der Waals surface area contributed by atoms with Crippen LogP contribution in [0.15, 0.2) is 0 Å². The number of rotatable bonds is 3. The molecule has 1 aliphatic rings. The highest BCUT2D eigenvalue weighted by Gasteiger charge is 2.41. The molecular formula is C6H11NO2. The first-order chi connectivity index (χ1) is 4.25. The summed E-state index contributed by atoms with van der Waals surface area (Å²) < 4.78 is 0. The number of carbonyl (C=O) groups is 1. The summed E-state index contributed by atoms with van der Waals surface area (Å²) in [5, 5.41) is 11.3. The lowest BCUT2D eigenvalue weighted by Crippen LogP contribution is -2.08. The van der Waals surface area contributed by atoms with Crippen molar-refractivity contribution in [2.45, 2.75) is 31.8 Å². The van der Waals surface area contributed by atoms with Crippen molar-refractivity contribution in [3.05, 3.63) is 0 Å². The molecular weight excluding hydrogens is 118 g/mol. The lowest BCUT2D eigenvalue weighted by atomic mass is 10.2. The Morgan fingerprint density at radius 1 is 1.78 bits per heavy atom. The minimum atomic E-state index is -0.714. The smallest absolute Gasteiger partial charge is 0.322 e. The molecule has 2 N–H and O–H groups in total. The van der Waals surface area contributed by atoms with Crippen LogP contribution < -0.4 is 5.32 Å². The highest BCUT2D eigenvalue weighted by molar-refractivity contribution is 5.78. The first kappa shape index (κ1) is 6.55. The summed E-state index contributed by atoms with van der Waals surface area (Å²) in [5.41, 5.74) is 0. The maximum atomic E-state index is 10.2. The normalized spacial score (nSPS) is 32.1. The molecule has 0 aliphatic carbocycles. The molecule has 0 radical (unpaired) electrons. The lowest BCUT2D eigenvalue weighted by molar-refractivity contribution is -0.136. The fraction of sp³-hybridized carbons (Fsp3) is 0.833. The fourth-order valence-corrected chi connectivity index (χ4v) is 0.979. The van der Waals surface area contributed by atoms with Gasteiger partial charge in [0.25, 0.3) is 0 Å². The van der Waals surface area contributed by atoms with E-state index in [1.807, 2.05) is 0 Å². The van der Waals surface area contributed by atoms with Crippen molar-refractivity contribution in [2.24, 2.45) is 0 Å². The van der Waals surface area contributed by atoms with Crippen LogP contribution in [0.25, 0.3) is 0 Å². The Morgan fingerprint density at radius 3 is 2.78 bits per heavy atom. The van der Waals surface area contributed by atoms with Crippen molar-refractivity contribution in [3.63, 3.8) is 0 Å². The van der Waals surface area contributed by atoms with Crippen molar-refractivity contribution in [1.82, 2.24) is 5.32 Å².